The molecule has 0 radical (unpaired) electrons. The summed E-state index contributed by atoms with van der Waals surface area (Å²) >= 11 is 0. The number of hydrogen-bond acceptors (Lipinski definition) is 2. The minimum atomic E-state index is 0.847. The first-order valence-corrected chi connectivity index (χ1v) is 8.97. The Kier molecular flexibility index (Phi) is 3.61. The van der Waals surface area contributed by atoms with E-state index in [9.17, 15) is 0 Å². The Morgan fingerprint density at radius 1 is 0.704 bits per heavy atom. The summed E-state index contributed by atoms with van der Waals surface area (Å²) in [7, 11) is 0. The first-order chi connectivity index (χ1) is 13.3. The number of nitrogens with one attached hydrogen (secondary N) is 1. The summed E-state index contributed by atoms with van der Waals surface area (Å²) in [4.78, 5) is 0. The number of H-pyrrole nitrogens is 1. The van der Waals surface area contributed by atoms with Gasteiger partial charge in [0.25, 0.3) is 0 Å². The molecular formula is C23H18N4. The van der Waals surface area contributed by atoms with Gasteiger partial charge in [-0.1, -0.05) is 60.7 Å². The van der Waals surface area contributed by atoms with E-state index in [1.165, 1.54) is 5.39 Å². The zero-order chi connectivity index (χ0) is 18.2. The van der Waals surface area contributed by atoms with Gasteiger partial charge < -0.3 is 0 Å². The highest BCUT2D eigenvalue weighted by molar-refractivity contribution is 6.12. The molecule has 0 amide bonds. The van der Waals surface area contributed by atoms with E-state index in [4.69, 9.17) is 0 Å². The second-order valence-corrected chi connectivity index (χ2v) is 6.56. The summed E-state index contributed by atoms with van der Waals surface area (Å²) in [6, 6.07) is 28.5. The molecule has 4 nitrogen and oxygen atoms in total. The first kappa shape index (κ1) is 15.6. The molecule has 27 heavy (non-hydrogen) atoms. The second kappa shape index (κ2) is 6.25. The molecule has 130 valence electrons. The monoisotopic (exact) mass is 350 g/mol. The molecule has 0 aromatic heterocycles. The van der Waals surface area contributed by atoms with Gasteiger partial charge in [-0.3, -0.25) is 9.78 Å². The number of aromatic nitrogens is 2. The van der Waals surface area contributed by atoms with Crippen LogP contribution < -0.4 is 0 Å². The van der Waals surface area contributed by atoms with Gasteiger partial charge in [0, 0.05) is 22.0 Å². The van der Waals surface area contributed by atoms with E-state index >= 15 is 0 Å². The number of para-hydroxylation sites is 1. The number of aromatic amines is 1. The van der Waals surface area contributed by atoms with E-state index in [1.54, 1.807) is 0 Å². The fourth-order valence-corrected chi connectivity index (χ4v) is 3.62. The second-order valence-electron chi connectivity index (χ2n) is 6.56. The van der Waals surface area contributed by atoms with Crippen LogP contribution in [0.4, 0.5) is 11.4 Å². The highest BCUT2D eigenvalue weighted by atomic mass is 15.3. The molecule has 3 aromatic rings. The number of hydrogen-bond donors (Lipinski definition) is 1. The van der Waals surface area contributed by atoms with Crippen LogP contribution in [0.1, 0.15) is 5.69 Å². The molecule has 0 unspecified atom stereocenters. The van der Waals surface area contributed by atoms with E-state index in [-0.39, 0.29) is 0 Å². The molecule has 5 rings (SSSR count). The molecule has 0 saturated heterocycles. The van der Waals surface area contributed by atoms with Crippen molar-refractivity contribution in [2.75, 3.05) is 0 Å². The predicted molar refractivity (Wildman–Crippen MR) is 110 cm³/mol. The van der Waals surface area contributed by atoms with Gasteiger partial charge >= 0.3 is 0 Å². The largest absolute Gasteiger partial charge is 0.297 e. The van der Waals surface area contributed by atoms with Crippen molar-refractivity contribution in [2.45, 2.75) is 6.92 Å². The lowest BCUT2D eigenvalue weighted by Gasteiger charge is -2.05. The Morgan fingerprint density at radius 2 is 1.33 bits per heavy atom. The fourth-order valence-electron chi connectivity index (χ4n) is 3.62. The maximum Gasteiger partial charge on any atom is 0.105 e. The number of aryl methyl sites for hydroxylation is 1. The number of nitrogens with zero attached hydrogens (tertiary/aromatic N) is 3. The van der Waals surface area contributed by atoms with Crippen LogP contribution in [-0.4, -0.2) is 9.78 Å². The van der Waals surface area contributed by atoms with Gasteiger partial charge in [0.15, 0.2) is 0 Å². The first-order valence-electron chi connectivity index (χ1n) is 8.97. The normalized spacial score (nSPS) is 11.7. The van der Waals surface area contributed by atoms with E-state index in [0.29, 0.717) is 0 Å². The molecule has 1 aliphatic heterocycles. The number of benzene rings is 3. The third kappa shape index (κ3) is 2.54. The Morgan fingerprint density at radius 3 is 2.07 bits per heavy atom. The SMILES string of the molecule is Cc1[nH]n(-c2ccccc2)c2c3ccccc3c(N=Nc3ccccc3)c1-2. The zero-order valence-electron chi connectivity index (χ0n) is 14.9. The summed E-state index contributed by atoms with van der Waals surface area (Å²) in [5, 5.41) is 14.9. The maximum atomic E-state index is 4.65. The molecule has 0 fully saturated rings. The topological polar surface area (TPSA) is 45.4 Å². The lowest BCUT2D eigenvalue weighted by molar-refractivity contribution is 0.877. The van der Waals surface area contributed by atoms with E-state index in [2.05, 4.69) is 63.3 Å². The molecule has 0 bridgehead atoms. The quantitative estimate of drug-likeness (QED) is 0.348. The van der Waals surface area contributed by atoms with Gasteiger partial charge in [0.2, 0.25) is 0 Å². The van der Waals surface area contributed by atoms with Crippen molar-refractivity contribution in [1.29, 1.82) is 0 Å². The summed E-state index contributed by atoms with van der Waals surface area (Å²) in [6.07, 6.45) is 0. The standard InChI is InChI=1S/C23H18N4/c1-16-21-22(25-24-17-10-4-2-5-11-17)19-14-8-9-15-20(19)23(21)27(26-16)18-12-6-3-7-13-18/h2-15,26H,1H3. The van der Waals surface area contributed by atoms with Crippen molar-refractivity contribution in [3.63, 3.8) is 0 Å². The number of rotatable bonds is 3. The fraction of sp³-hybridized carbons (Fsp3) is 0.0435. The minimum Gasteiger partial charge on any atom is -0.297 e. The Hall–Kier alpha value is -3.66. The van der Waals surface area contributed by atoms with Gasteiger partial charge in [-0.2, -0.15) is 5.11 Å². The zero-order valence-corrected chi connectivity index (χ0v) is 14.9. The van der Waals surface area contributed by atoms with Crippen LogP contribution in [0, 0.1) is 6.92 Å². The van der Waals surface area contributed by atoms with Crippen molar-refractivity contribution in [3.8, 4) is 16.9 Å². The summed E-state index contributed by atoms with van der Waals surface area (Å²) in [5.74, 6) is 0. The molecule has 4 heteroatoms. The smallest absolute Gasteiger partial charge is 0.105 e. The van der Waals surface area contributed by atoms with Crippen LogP contribution in [-0.2, 0) is 0 Å². The van der Waals surface area contributed by atoms with Crippen LogP contribution in [0.3, 0.4) is 0 Å². The van der Waals surface area contributed by atoms with Crippen molar-refractivity contribution in [2.24, 2.45) is 10.2 Å². The molecular weight excluding hydrogens is 332 g/mol. The molecule has 2 aliphatic rings. The summed E-state index contributed by atoms with van der Waals surface area (Å²) in [5.41, 5.74) is 6.17. The Balaban J connectivity index is 1.76. The predicted octanol–water partition coefficient (Wildman–Crippen LogP) is 6.79. The molecule has 1 heterocycles. The average Bonchev–Trinajstić information content (AvgIpc) is 3.24. The van der Waals surface area contributed by atoms with Crippen molar-refractivity contribution in [3.05, 3.63) is 90.6 Å². The average molecular weight is 350 g/mol. The molecule has 0 atom stereocenters. The molecule has 0 spiro atoms. The third-order valence-electron chi connectivity index (χ3n) is 4.83. The molecule has 1 aliphatic carbocycles. The number of fused-ring (bicyclic) bond motifs is 3. The summed E-state index contributed by atoms with van der Waals surface area (Å²) in [6.45, 7) is 2.09. The van der Waals surface area contributed by atoms with E-state index in [1.807, 2.05) is 48.5 Å². The van der Waals surface area contributed by atoms with Crippen molar-refractivity contribution in [1.82, 2.24) is 9.78 Å². The highest BCUT2D eigenvalue weighted by Gasteiger charge is 2.25. The maximum absolute atomic E-state index is 4.65. The van der Waals surface area contributed by atoms with Gasteiger partial charge in [0.05, 0.1) is 17.1 Å². The summed E-state index contributed by atoms with van der Waals surface area (Å²) < 4.78 is 2.13. The van der Waals surface area contributed by atoms with Crippen LogP contribution in [0.25, 0.3) is 27.7 Å². The van der Waals surface area contributed by atoms with Crippen molar-refractivity contribution >= 4 is 22.1 Å². The van der Waals surface area contributed by atoms with Crippen molar-refractivity contribution < 1.29 is 0 Å². The lowest BCUT2D eigenvalue weighted by atomic mass is 10.2. The van der Waals surface area contributed by atoms with Crippen LogP contribution >= 0.6 is 0 Å². The van der Waals surface area contributed by atoms with Gasteiger partial charge in [-0.15, -0.1) is 5.11 Å². The van der Waals surface area contributed by atoms with Gasteiger partial charge in [-0.25, -0.2) is 0 Å². The Bertz CT molecular complexity index is 1210. The van der Waals surface area contributed by atoms with E-state index < -0.39 is 0 Å². The number of azo groups is 1. The third-order valence-corrected chi connectivity index (χ3v) is 4.83. The highest BCUT2D eigenvalue weighted by Crippen LogP contribution is 2.47. The molecule has 0 saturated carbocycles. The molecule has 1 N–H and O–H groups in total. The Labute approximate surface area is 157 Å². The van der Waals surface area contributed by atoms with Gasteiger partial charge in [0.1, 0.15) is 5.69 Å². The lowest BCUT2D eigenvalue weighted by Crippen LogP contribution is -1.96. The minimum absolute atomic E-state index is 0.847. The van der Waals surface area contributed by atoms with Gasteiger partial charge in [-0.05, 0) is 31.2 Å². The van der Waals surface area contributed by atoms with Crippen LogP contribution in [0.2, 0.25) is 0 Å². The van der Waals surface area contributed by atoms with Crippen LogP contribution in [0.15, 0.2) is 95.2 Å². The van der Waals surface area contributed by atoms with E-state index in [0.717, 1.165) is 39.4 Å². The molecule has 3 aromatic carbocycles. The van der Waals surface area contributed by atoms with Crippen LogP contribution in [0.5, 0.6) is 0 Å².